The van der Waals surface area contributed by atoms with E-state index >= 15 is 0 Å². The van der Waals surface area contributed by atoms with Crippen molar-refractivity contribution in [3.63, 3.8) is 0 Å². The Kier molecular flexibility index (Phi) is 5.35. The van der Waals surface area contributed by atoms with Crippen molar-refractivity contribution < 1.29 is 18.0 Å². The molecular formula is C24H15F3N6O3. The van der Waals surface area contributed by atoms with Gasteiger partial charge in [0.2, 0.25) is 5.91 Å². The molecule has 0 atom stereocenters. The maximum atomic E-state index is 13.4. The van der Waals surface area contributed by atoms with Gasteiger partial charge in [0.1, 0.15) is 11.3 Å². The number of fused-ring (bicyclic) bond motifs is 3. The number of rotatable bonds is 3. The summed E-state index contributed by atoms with van der Waals surface area (Å²) in [5.74, 6) is 0.0542. The maximum absolute atomic E-state index is 13.4. The first kappa shape index (κ1) is 22.9. The van der Waals surface area contributed by atoms with Crippen molar-refractivity contribution in [2.75, 3.05) is 5.32 Å². The molecular weight excluding hydrogens is 477 g/mol. The summed E-state index contributed by atoms with van der Waals surface area (Å²) in [6.45, 7) is 1.35. The number of carbonyl (C=O) groups is 1. The van der Waals surface area contributed by atoms with E-state index in [0.717, 1.165) is 16.7 Å². The predicted molar refractivity (Wildman–Crippen MR) is 126 cm³/mol. The van der Waals surface area contributed by atoms with Crippen molar-refractivity contribution >= 4 is 33.7 Å². The molecule has 4 heterocycles. The van der Waals surface area contributed by atoms with Gasteiger partial charge in [0.25, 0.3) is 5.56 Å². The Balaban J connectivity index is 1.78. The van der Waals surface area contributed by atoms with E-state index in [-0.39, 0.29) is 28.0 Å². The van der Waals surface area contributed by atoms with Gasteiger partial charge in [-0.05, 0) is 42.5 Å². The third kappa shape index (κ3) is 4.08. The second-order valence-electron chi connectivity index (χ2n) is 7.84. The van der Waals surface area contributed by atoms with Crippen LogP contribution in [0.4, 0.5) is 19.0 Å². The Morgan fingerprint density at radius 3 is 2.53 bits per heavy atom. The van der Waals surface area contributed by atoms with E-state index in [2.05, 4.69) is 25.3 Å². The van der Waals surface area contributed by atoms with E-state index in [1.54, 1.807) is 24.3 Å². The van der Waals surface area contributed by atoms with Gasteiger partial charge in [-0.15, -0.1) is 0 Å². The van der Waals surface area contributed by atoms with E-state index in [0.29, 0.717) is 22.6 Å². The van der Waals surface area contributed by atoms with Crippen LogP contribution in [0.25, 0.3) is 38.9 Å². The highest BCUT2D eigenvalue weighted by molar-refractivity contribution is 6.01. The van der Waals surface area contributed by atoms with Crippen molar-refractivity contribution in [2.24, 2.45) is 0 Å². The maximum Gasteiger partial charge on any atom is 0.416 e. The normalized spacial score (nSPS) is 11.7. The first-order valence-corrected chi connectivity index (χ1v) is 10.5. The predicted octanol–water partition coefficient (Wildman–Crippen LogP) is 3.66. The number of pyridine rings is 3. The molecule has 1 aromatic carbocycles. The largest absolute Gasteiger partial charge is 0.416 e. The van der Waals surface area contributed by atoms with Crippen LogP contribution in [0.1, 0.15) is 12.5 Å². The molecule has 0 bridgehead atoms. The number of benzene rings is 1. The number of nitrogens with one attached hydrogen (secondary N) is 2. The molecule has 2 N–H and O–H groups in total. The summed E-state index contributed by atoms with van der Waals surface area (Å²) in [4.78, 5) is 51.8. The lowest BCUT2D eigenvalue weighted by molar-refractivity contribution is -0.137. The molecule has 0 radical (unpaired) electrons. The number of aromatic amines is 1. The standard InChI is InChI=1S/C24H15F3N6O3/c1-12(34)30-19-8-5-13(10-29-19)17-6-7-18-20(31-17)21-16(11-28-18)22(35)32-23(36)33(21)15-4-2-3-14(9-15)24(25,26)27/h2-11H,1H3,(H,29,30,34)(H,32,35,36). The molecule has 180 valence electrons. The van der Waals surface area contributed by atoms with Crippen LogP contribution in [0.2, 0.25) is 0 Å². The first-order chi connectivity index (χ1) is 17.1. The van der Waals surface area contributed by atoms with Crippen molar-refractivity contribution in [2.45, 2.75) is 13.1 Å². The van der Waals surface area contributed by atoms with Crippen LogP contribution in [-0.4, -0.2) is 30.4 Å². The topological polar surface area (TPSA) is 123 Å². The smallest absolute Gasteiger partial charge is 0.311 e. The Morgan fingerprint density at radius 2 is 1.83 bits per heavy atom. The highest BCUT2D eigenvalue weighted by Crippen LogP contribution is 2.31. The molecule has 4 aromatic heterocycles. The summed E-state index contributed by atoms with van der Waals surface area (Å²) in [6.07, 6.45) is -1.92. The highest BCUT2D eigenvalue weighted by atomic mass is 19.4. The molecule has 12 heteroatoms. The molecule has 9 nitrogen and oxygen atoms in total. The van der Waals surface area contributed by atoms with E-state index in [1.165, 1.54) is 31.5 Å². The van der Waals surface area contributed by atoms with Gasteiger partial charge in [-0.1, -0.05) is 6.07 Å². The van der Waals surface area contributed by atoms with Gasteiger partial charge in [0, 0.05) is 24.9 Å². The van der Waals surface area contributed by atoms with Crippen molar-refractivity contribution in [1.82, 2.24) is 24.5 Å². The fourth-order valence-electron chi connectivity index (χ4n) is 3.80. The third-order valence-corrected chi connectivity index (χ3v) is 5.37. The molecule has 5 aromatic rings. The number of carbonyl (C=O) groups excluding carboxylic acids is 1. The monoisotopic (exact) mass is 492 g/mol. The van der Waals surface area contributed by atoms with Gasteiger partial charge in [-0.2, -0.15) is 13.2 Å². The van der Waals surface area contributed by atoms with E-state index in [9.17, 15) is 27.6 Å². The Bertz CT molecular complexity index is 1780. The van der Waals surface area contributed by atoms with Crippen LogP contribution in [0.3, 0.4) is 0 Å². The molecule has 5 rings (SSSR count). The summed E-state index contributed by atoms with van der Waals surface area (Å²) in [7, 11) is 0. The van der Waals surface area contributed by atoms with Crippen molar-refractivity contribution in [3.05, 3.63) is 87.3 Å². The number of halogens is 3. The minimum atomic E-state index is -4.64. The average Bonchev–Trinajstić information content (AvgIpc) is 2.83. The van der Waals surface area contributed by atoms with Crippen LogP contribution in [0.5, 0.6) is 0 Å². The lowest BCUT2D eigenvalue weighted by Crippen LogP contribution is -2.29. The number of nitrogens with zero attached hydrogens (tertiary/aromatic N) is 4. The molecule has 1 amide bonds. The van der Waals surface area contributed by atoms with Crippen molar-refractivity contribution in [1.29, 1.82) is 0 Å². The van der Waals surface area contributed by atoms with E-state index in [1.807, 2.05) is 0 Å². The zero-order valence-electron chi connectivity index (χ0n) is 18.4. The fraction of sp³-hybridized carbons (Fsp3) is 0.0833. The summed E-state index contributed by atoms with van der Waals surface area (Å²) >= 11 is 0. The van der Waals surface area contributed by atoms with E-state index < -0.39 is 23.0 Å². The molecule has 0 unspecified atom stereocenters. The Labute approximate surface area is 199 Å². The molecule has 0 aliphatic heterocycles. The SMILES string of the molecule is CC(=O)Nc1ccc(-c2ccc3ncc4c(=O)[nH]c(=O)n(-c5cccc(C(F)(F)F)c5)c4c3n2)cn1. The first-order valence-electron chi connectivity index (χ1n) is 10.5. The molecule has 0 spiro atoms. The zero-order chi connectivity index (χ0) is 25.6. The van der Waals surface area contributed by atoms with E-state index in [4.69, 9.17) is 0 Å². The minimum absolute atomic E-state index is 0.0118. The summed E-state index contributed by atoms with van der Waals surface area (Å²) < 4.78 is 41.0. The number of aromatic nitrogens is 5. The van der Waals surface area contributed by atoms with Gasteiger partial charge in [0.15, 0.2) is 0 Å². The van der Waals surface area contributed by atoms with Crippen LogP contribution in [0.15, 0.2) is 70.5 Å². The molecule has 0 saturated heterocycles. The van der Waals surface area contributed by atoms with Gasteiger partial charge in [0.05, 0.1) is 33.4 Å². The fourth-order valence-corrected chi connectivity index (χ4v) is 3.80. The summed E-state index contributed by atoms with van der Waals surface area (Å²) in [6, 6.07) is 10.7. The second kappa shape index (κ2) is 8.41. The third-order valence-electron chi connectivity index (χ3n) is 5.37. The van der Waals surface area contributed by atoms with Gasteiger partial charge >= 0.3 is 11.9 Å². The average molecular weight is 492 g/mol. The van der Waals surface area contributed by atoms with Crippen LogP contribution in [-0.2, 0) is 11.0 Å². The number of hydrogen-bond donors (Lipinski definition) is 2. The summed E-state index contributed by atoms with van der Waals surface area (Å²) in [5.41, 5.74) is -1.30. The van der Waals surface area contributed by atoms with Crippen LogP contribution >= 0.6 is 0 Å². The number of anilines is 1. The number of hydrogen-bond acceptors (Lipinski definition) is 6. The molecule has 0 aliphatic rings. The quantitative estimate of drug-likeness (QED) is 0.371. The van der Waals surface area contributed by atoms with Crippen LogP contribution in [0, 0.1) is 0 Å². The molecule has 36 heavy (non-hydrogen) atoms. The molecule has 0 fully saturated rings. The van der Waals surface area contributed by atoms with Gasteiger partial charge < -0.3 is 5.32 Å². The zero-order valence-corrected chi connectivity index (χ0v) is 18.4. The van der Waals surface area contributed by atoms with Crippen LogP contribution < -0.4 is 16.6 Å². The Hall–Kier alpha value is -4.87. The second-order valence-corrected chi connectivity index (χ2v) is 7.84. The van der Waals surface area contributed by atoms with Gasteiger partial charge in [-0.3, -0.25) is 24.1 Å². The highest BCUT2D eigenvalue weighted by Gasteiger charge is 2.31. The lowest BCUT2D eigenvalue weighted by atomic mass is 10.1. The Morgan fingerprint density at radius 1 is 1.03 bits per heavy atom. The molecule has 0 saturated carbocycles. The van der Waals surface area contributed by atoms with Crippen molar-refractivity contribution in [3.8, 4) is 16.9 Å². The number of alkyl halides is 3. The van der Waals surface area contributed by atoms with Gasteiger partial charge in [-0.25, -0.2) is 14.8 Å². The number of H-pyrrole nitrogens is 1. The molecule has 0 aliphatic carbocycles. The summed E-state index contributed by atoms with van der Waals surface area (Å²) in [5, 5.41) is 2.53. The lowest BCUT2D eigenvalue weighted by Gasteiger charge is -2.14. The minimum Gasteiger partial charge on any atom is -0.311 e. The number of amides is 1.